The third-order valence-electron chi connectivity index (χ3n) is 12.4. The van der Waals surface area contributed by atoms with E-state index in [2.05, 4.69) is 60.6 Å². The number of aryl methyl sites for hydroxylation is 1. The minimum atomic E-state index is -1.89. The molecule has 8 heteroatoms. The molecule has 3 heterocycles. The summed E-state index contributed by atoms with van der Waals surface area (Å²) in [5.41, 5.74) is 3.53. The summed E-state index contributed by atoms with van der Waals surface area (Å²) in [6.45, 7) is 15.9. The van der Waals surface area contributed by atoms with Crippen LogP contribution < -0.4 is 14.8 Å². The lowest BCUT2D eigenvalue weighted by molar-refractivity contribution is -0.138. The number of aromatic amines is 1. The van der Waals surface area contributed by atoms with Crippen molar-refractivity contribution in [3.63, 3.8) is 0 Å². The molecule has 1 aliphatic carbocycles. The molecule has 0 bridgehead atoms. The van der Waals surface area contributed by atoms with Crippen molar-refractivity contribution in [2.75, 3.05) is 6.50 Å². The number of fused-ring (bicyclic) bond motifs is 2. The molecule has 0 unspecified atom stereocenters. The Balaban J connectivity index is 1.16. The Kier molecular flexibility index (Phi) is 12.3. The maximum atomic E-state index is 13.9. The van der Waals surface area contributed by atoms with Gasteiger partial charge in [0.15, 0.2) is 5.82 Å². The molecule has 1 saturated carbocycles. The number of carbonyl (C=O) groups excluding carboxylic acids is 1. The Morgan fingerprint density at radius 3 is 2.40 bits per heavy atom. The van der Waals surface area contributed by atoms with Crippen LogP contribution in [0, 0.1) is 56.3 Å². The highest BCUT2D eigenvalue weighted by molar-refractivity contribution is 5.80. The Morgan fingerprint density at radius 2 is 1.70 bits per heavy atom. The minimum absolute atomic E-state index is 0.102. The summed E-state index contributed by atoms with van der Waals surface area (Å²) in [5.74, 6) is 3.70. The van der Waals surface area contributed by atoms with Crippen molar-refractivity contribution in [2.24, 2.45) is 35.5 Å². The van der Waals surface area contributed by atoms with Gasteiger partial charge in [0.25, 0.3) is 0 Å². The Hall–Kier alpha value is -2.48. The Morgan fingerprint density at radius 1 is 0.980 bits per heavy atom. The second-order valence-corrected chi connectivity index (χ2v) is 17.2. The van der Waals surface area contributed by atoms with E-state index in [1.165, 1.54) is 44.9 Å². The molecule has 0 spiro atoms. The van der Waals surface area contributed by atoms with Crippen molar-refractivity contribution in [3.05, 3.63) is 28.1 Å². The molecule has 2 aliphatic heterocycles. The normalized spacial score (nSPS) is 29.5. The first-order valence-corrected chi connectivity index (χ1v) is 20.1. The zero-order valence-corrected chi connectivity index (χ0v) is 32.6. The van der Waals surface area contributed by atoms with Crippen LogP contribution in [0.5, 0.6) is 11.5 Å². The average Bonchev–Trinajstić information content (AvgIpc) is 3.61. The smallest absolute Gasteiger partial charge is 0.328 e. The summed E-state index contributed by atoms with van der Waals surface area (Å²) >= 11 is 0. The number of piperidine rings is 1. The molecule has 0 amide bonds. The van der Waals surface area contributed by atoms with E-state index in [4.69, 9.17) is 12.2 Å². The van der Waals surface area contributed by atoms with Gasteiger partial charge in [-0.15, -0.1) is 10.2 Å². The fraction of sp³-hybridized carbons (Fsp3) is 0.810. The largest absolute Gasteiger partial charge is 0.487 e. The number of benzene rings is 1. The van der Waals surface area contributed by atoms with Crippen molar-refractivity contribution in [3.8, 4) is 11.5 Å². The average molecular weight is 695 g/mol. The van der Waals surface area contributed by atoms with Crippen LogP contribution in [0.1, 0.15) is 163 Å². The molecular formula is C42H69N5O3. The van der Waals surface area contributed by atoms with Gasteiger partial charge in [-0.25, -0.2) is 4.79 Å². The van der Waals surface area contributed by atoms with E-state index in [1.54, 1.807) is 0 Å². The molecule has 1 aromatic carbocycles. The maximum absolute atomic E-state index is 13.9. The van der Waals surface area contributed by atoms with Crippen molar-refractivity contribution in [1.29, 1.82) is 0 Å². The Labute approximate surface area is 307 Å². The van der Waals surface area contributed by atoms with Gasteiger partial charge < -0.3 is 14.8 Å². The number of nitrogens with one attached hydrogen (secondary N) is 2. The van der Waals surface area contributed by atoms with Crippen LogP contribution in [0.4, 0.5) is 0 Å². The van der Waals surface area contributed by atoms with Crippen LogP contribution in [0.3, 0.4) is 0 Å². The predicted molar refractivity (Wildman–Crippen MR) is 202 cm³/mol. The van der Waals surface area contributed by atoms with E-state index >= 15 is 0 Å². The topological polar surface area (TPSA) is 102 Å². The van der Waals surface area contributed by atoms with Gasteiger partial charge in [0, 0.05) is 14.7 Å². The number of hydrogen-bond donors (Lipinski definition) is 2. The molecular weight excluding hydrogens is 622 g/mol. The molecule has 0 radical (unpaired) electrons. The number of carbonyl (C=O) groups is 1. The number of aromatic nitrogens is 4. The third kappa shape index (κ3) is 10.3. The molecule has 2 aromatic rings. The van der Waals surface area contributed by atoms with Gasteiger partial charge in [-0.1, -0.05) is 84.3 Å². The van der Waals surface area contributed by atoms with Crippen molar-refractivity contribution >= 4 is 5.97 Å². The van der Waals surface area contributed by atoms with Crippen LogP contribution in [0.15, 0.2) is 0 Å². The summed E-state index contributed by atoms with van der Waals surface area (Å²) < 4.78 is 40.0. The lowest BCUT2D eigenvalue weighted by Gasteiger charge is -2.42. The van der Waals surface area contributed by atoms with Crippen LogP contribution in [0.2, 0.25) is 0 Å². The predicted octanol–water partition coefficient (Wildman–Crippen LogP) is 9.58. The number of ether oxygens (including phenoxy) is 2. The molecule has 1 aromatic heterocycles. The Bertz CT molecular complexity index is 1520. The van der Waals surface area contributed by atoms with E-state index in [9.17, 15) is 6.17 Å². The number of rotatable bonds is 17. The first-order chi connectivity index (χ1) is 25.0. The quantitative estimate of drug-likeness (QED) is 0.126. The highest BCUT2D eigenvalue weighted by Crippen LogP contribution is 2.46. The first-order valence-electron chi connectivity index (χ1n) is 21.6. The van der Waals surface area contributed by atoms with E-state index in [0.29, 0.717) is 30.3 Å². The second-order valence-electron chi connectivity index (χ2n) is 17.2. The van der Waals surface area contributed by atoms with Crippen molar-refractivity contribution in [1.82, 2.24) is 25.9 Å². The first kappa shape index (κ1) is 34.6. The van der Waals surface area contributed by atoms with Crippen molar-refractivity contribution < 1.29 is 18.4 Å². The zero-order chi connectivity index (χ0) is 38.6. The SMILES string of the molecule is [2H]C1([2H])N[C@]([2H])(C(=O)Oc2c(C)c(C)c3c(c2C)CC[C@@](C)(CCC[C@H](C)CCC[C@H](C)CCCC(C)C)O3)C[C@H]2C[C@@H](CCc3nn[nH]n3)CC[C@H]21. The third-order valence-corrected chi connectivity index (χ3v) is 12.4. The summed E-state index contributed by atoms with van der Waals surface area (Å²) in [7, 11) is 0. The molecule has 7 atom stereocenters. The lowest BCUT2D eigenvalue weighted by Crippen LogP contribution is -2.51. The summed E-state index contributed by atoms with van der Waals surface area (Å²) in [6, 6.07) is -1.89. The zero-order valence-electron chi connectivity index (χ0n) is 35.6. The van der Waals surface area contributed by atoms with Crippen LogP contribution in [0.25, 0.3) is 0 Å². The molecule has 2 fully saturated rings. The number of H-pyrrole nitrogens is 1. The molecule has 50 heavy (non-hydrogen) atoms. The molecule has 5 rings (SSSR count). The highest BCUT2D eigenvalue weighted by Gasteiger charge is 2.39. The fourth-order valence-corrected chi connectivity index (χ4v) is 8.86. The number of esters is 1. The van der Waals surface area contributed by atoms with Crippen LogP contribution in [-0.2, 0) is 17.6 Å². The van der Waals surface area contributed by atoms with Crippen LogP contribution >= 0.6 is 0 Å². The van der Waals surface area contributed by atoms with Gasteiger partial charge in [-0.05, 0) is 138 Å². The van der Waals surface area contributed by atoms with E-state index in [1.807, 2.05) is 20.8 Å². The molecule has 8 nitrogen and oxygen atoms in total. The van der Waals surface area contributed by atoms with Gasteiger partial charge in [0.2, 0.25) is 0 Å². The van der Waals surface area contributed by atoms with E-state index in [-0.39, 0.29) is 23.9 Å². The van der Waals surface area contributed by atoms with E-state index in [0.717, 1.165) is 90.7 Å². The highest BCUT2D eigenvalue weighted by atomic mass is 16.5. The van der Waals surface area contributed by atoms with Crippen molar-refractivity contribution in [2.45, 2.75) is 176 Å². The van der Waals surface area contributed by atoms with Gasteiger partial charge in [-0.3, -0.25) is 0 Å². The van der Waals surface area contributed by atoms with Crippen LogP contribution in [-0.4, -0.2) is 44.7 Å². The number of nitrogens with zero attached hydrogens (tertiary/aromatic N) is 3. The second kappa shape index (κ2) is 17.8. The monoisotopic (exact) mass is 695 g/mol. The van der Waals surface area contributed by atoms with Gasteiger partial charge in [0.05, 0.1) is 1.37 Å². The lowest BCUT2D eigenvalue weighted by atomic mass is 9.69. The molecule has 2 N–H and O–H groups in total. The standard InChI is InChI=1S/C42H69N5O3/c1-27(2)12-9-13-28(3)14-10-15-29(4)16-11-22-42(8)23-21-36-32(7)39(30(5)31(6)40(36)50-42)49-41(48)37-25-35-24-33(17-19-34(35)26-43-37)18-20-38-44-46-47-45-38/h27-29,33-35,37,43H,9-26H2,1-8H3,(H,44,45,46,47)/t28-,29-,33-,34+,35-,37+,42-/m1/s1/i26D2,37D. The summed E-state index contributed by atoms with van der Waals surface area (Å²) in [5, 5.41) is 17.1. The van der Waals surface area contributed by atoms with E-state index < -0.39 is 18.5 Å². The van der Waals surface area contributed by atoms with Gasteiger partial charge >= 0.3 is 5.97 Å². The van der Waals surface area contributed by atoms with Gasteiger partial charge in [0.1, 0.15) is 23.1 Å². The minimum Gasteiger partial charge on any atom is -0.487 e. The fourth-order valence-electron chi connectivity index (χ4n) is 8.86. The number of tetrazole rings is 1. The summed E-state index contributed by atoms with van der Waals surface area (Å²) in [6.07, 6.45) is 17.4. The summed E-state index contributed by atoms with van der Waals surface area (Å²) in [4.78, 5) is 13.9. The van der Waals surface area contributed by atoms with Gasteiger partial charge in [-0.2, -0.15) is 5.21 Å². The molecule has 280 valence electrons. The number of hydrogen-bond acceptors (Lipinski definition) is 7. The maximum Gasteiger partial charge on any atom is 0.328 e. The molecule has 1 saturated heterocycles. The molecule has 3 aliphatic rings.